The van der Waals surface area contributed by atoms with E-state index >= 15 is 0 Å². The molecule has 10 heteroatoms. The molecule has 0 saturated heterocycles. The monoisotopic (exact) mass is 365 g/mol. The van der Waals surface area contributed by atoms with Crippen LogP contribution in [-0.2, 0) is 0 Å². The van der Waals surface area contributed by atoms with Crippen molar-refractivity contribution < 1.29 is 4.92 Å². The summed E-state index contributed by atoms with van der Waals surface area (Å²) in [6, 6.07) is 16.1. The molecule has 3 aromatic rings. The molecule has 0 amide bonds. The number of aromatic amines is 1. The van der Waals surface area contributed by atoms with Crippen LogP contribution >= 0.6 is 11.8 Å². The van der Waals surface area contributed by atoms with Crippen molar-refractivity contribution in [3.05, 3.63) is 70.7 Å². The minimum absolute atomic E-state index is 0.0556. The summed E-state index contributed by atoms with van der Waals surface area (Å²) in [7, 11) is 0. The number of tetrazole rings is 1. The van der Waals surface area contributed by atoms with Crippen LogP contribution in [0, 0.1) is 21.4 Å². The van der Waals surface area contributed by atoms with Gasteiger partial charge in [-0.2, -0.15) is 10.5 Å². The van der Waals surface area contributed by atoms with Gasteiger partial charge in [0.05, 0.1) is 4.92 Å². The van der Waals surface area contributed by atoms with Gasteiger partial charge in [-0.15, -0.1) is 10.2 Å². The third kappa shape index (κ3) is 4.22. The molecular formula is C16H11N7O2S. The maximum Gasteiger partial charge on any atom is 0.272 e. The Morgan fingerprint density at radius 3 is 2.73 bits per heavy atom. The van der Waals surface area contributed by atoms with Gasteiger partial charge in [-0.05, 0) is 23.4 Å². The van der Waals surface area contributed by atoms with Crippen molar-refractivity contribution in [3.63, 3.8) is 0 Å². The summed E-state index contributed by atoms with van der Waals surface area (Å²) in [5.41, 5.74) is 0.552. The van der Waals surface area contributed by atoms with Gasteiger partial charge in [0, 0.05) is 33.8 Å². The zero-order valence-electron chi connectivity index (χ0n) is 13.2. The normalized spacial score (nSPS) is 11.0. The highest BCUT2D eigenvalue weighted by Gasteiger charge is 2.11. The van der Waals surface area contributed by atoms with Crippen molar-refractivity contribution in [2.45, 2.75) is 9.79 Å². The molecule has 3 rings (SSSR count). The molecule has 26 heavy (non-hydrogen) atoms. The van der Waals surface area contributed by atoms with E-state index < -0.39 is 4.92 Å². The zero-order valence-corrected chi connectivity index (χ0v) is 14.0. The lowest BCUT2D eigenvalue weighted by Gasteiger charge is -2.06. The van der Waals surface area contributed by atoms with Gasteiger partial charge in [0.15, 0.2) is 0 Å². The Morgan fingerprint density at radius 2 is 2.08 bits per heavy atom. The van der Waals surface area contributed by atoms with Gasteiger partial charge in [0.2, 0.25) is 5.82 Å². The molecule has 0 fully saturated rings. The number of hydrogen-bond donors (Lipinski definition) is 2. The molecule has 2 aromatic carbocycles. The number of nitro groups is 1. The minimum Gasteiger partial charge on any atom is -0.360 e. The highest BCUT2D eigenvalue weighted by Crippen LogP contribution is 2.33. The van der Waals surface area contributed by atoms with Crippen molar-refractivity contribution >= 4 is 28.7 Å². The number of aromatic nitrogens is 4. The fourth-order valence-corrected chi connectivity index (χ4v) is 2.96. The van der Waals surface area contributed by atoms with Crippen molar-refractivity contribution in [1.29, 1.82) is 5.26 Å². The Hall–Kier alpha value is -3.71. The van der Waals surface area contributed by atoms with Crippen LogP contribution in [0.2, 0.25) is 0 Å². The summed E-state index contributed by atoms with van der Waals surface area (Å²) in [6.07, 6.45) is 1.38. The van der Waals surface area contributed by atoms with Crippen LogP contribution in [0.4, 0.5) is 11.4 Å². The molecule has 0 atom stereocenters. The zero-order chi connectivity index (χ0) is 18.4. The summed E-state index contributed by atoms with van der Waals surface area (Å²) in [5, 5.41) is 36.4. The Bertz CT molecular complexity index is 982. The van der Waals surface area contributed by atoms with E-state index in [1.165, 1.54) is 30.1 Å². The number of H-pyrrole nitrogens is 1. The highest BCUT2D eigenvalue weighted by atomic mass is 32.2. The number of non-ortho nitro benzene ring substituents is 1. The number of nitriles is 1. The first kappa shape index (κ1) is 17.1. The van der Waals surface area contributed by atoms with Crippen LogP contribution < -0.4 is 5.32 Å². The Labute approximate surface area is 151 Å². The van der Waals surface area contributed by atoms with E-state index in [9.17, 15) is 15.4 Å². The van der Waals surface area contributed by atoms with Crippen LogP contribution in [0.25, 0.3) is 5.57 Å². The number of hydrogen-bond acceptors (Lipinski definition) is 8. The Kier molecular flexibility index (Phi) is 5.21. The van der Waals surface area contributed by atoms with Gasteiger partial charge in [-0.1, -0.05) is 30.0 Å². The second-order valence-electron chi connectivity index (χ2n) is 4.94. The van der Waals surface area contributed by atoms with E-state index in [1.807, 2.05) is 36.4 Å². The maximum atomic E-state index is 11.2. The van der Waals surface area contributed by atoms with Crippen LogP contribution in [0.3, 0.4) is 0 Å². The fraction of sp³-hybridized carbons (Fsp3) is 0. The largest absolute Gasteiger partial charge is 0.360 e. The molecular weight excluding hydrogens is 354 g/mol. The minimum atomic E-state index is -0.464. The number of nitrogens with one attached hydrogen (secondary N) is 2. The molecule has 0 bridgehead atoms. The van der Waals surface area contributed by atoms with Gasteiger partial charge in [-0.3, -0.25) is 10.1 Å². The SMILES string of the molecule is N#CC(=CNc1cc(Sc2ccccc2)cc([N+](=O)[O-])c1)c1nn[nH]n1. The second kappa shape index (κ2) is 7.91. The lowest BCUT2D eigenvalue weighted by Crippen LogP contribution is -1.95. The number of benzene rings is 2. The number of allylic oxidation sites excluding steroid dienone is 1. The molecule has 9 nitrogen and oxygen atoms in total. The van der Waals surface area contributed by atoms with Gasteiger partial charge in [-0.25, -0.2) is 0 Å². The number of anilines is 1. The van der Waals surface area contributed by atoms with Gasteiger partial charge in [0.1, 0.15) is 11.6 Å². The average molecular weight is 365 g/mol. The van der Waals surface area contributed by atoms with E-state index in [0.29, 0.717) is 10.6 Å². The lowest BCUT2D eigenvalue weighted by molar-refractivity contribution is -0.385. The lowest BCUT2D eigenvalue weighted by atomic mass is 10.2. The molecule has 0 aliphatic heterocycles. The van der Waals surface area contributed by atoms with Crippen LogP contribution in [0.15, 0.2) is 64.5 Å². The first-order chi connectivity index (χ1) is 12.7. The third-order valence-electron chi connectivity index (χ3n) is 3.17. The summed E-state index contributed by atoms with van der Waals surface area (Å²) < 4.78 is 0. The first-order valence-electron chi connectivity index (χ1n) is 7.29. The molecule has 1 aromatic heterocycles. The van der Waals surface area contributed by atoms with E-state index in [0.717, 1.165) is 4.90 Å². The molecule has 2 N–H and O–H groups in total. The van der Waals surface area contributed by atoms with E-state index in [1.54, 1.807) is 6.07 Å². The van der Waals surface area contributed by atoms with Crippen LogP contribution in [0.5, 0.6) is 0 Å². The van der Waals surface area contributed by atoms with Crippen molar-refractivity contribution in [2.24, 2.45) is 0 Å². The summed E-state index contributed by atoms with van der Waals surface area (Å²) in [5.74, 6) is 0.129. The number of nitrogens with zero attached hydrogens (tertiary/aromatic N) is 5. The summed E-state index contributed by atoms with van der Waals surface area (Å²) in [6.45, 7) is 0. The summed E-state index contributed by atoms with van der Waals surface area (Å²) in [4.78, 5) is 12.4. The topological polar surface area (TPSA) is 133 Å². The first-order valence-corrected chi connectivity index (χ1v) is 8.10. The van der Waals surface area contributed by atoms with Crippen LogP contribution in [0.1, 0.15) is 5.82 Å². The predicted molar refractivity (Wildman–Crippen MR) is 95.1 cm³/mol. The van der Waals surface area contributed by atoms with E-state index in [4.69, 9.17) is 0 Å². The molecule has 0 aliphatic carbocycles. The smallest absolute Gasteiger partial charge is 0.272 e. The van der Waals surface area contributed by atoms with Gasteiger partial charge >= 0.3 is 0 Å². The average Bonchev–Trinajstić information content (AvgIpc) is 3.17. The molecule has 1 heterocycles. The van der Waals surface area contributed by atoms with Gasteiger partial charge in [0.25, 0.3) is 5.69 Å². The maximum absolute atomic E-state index is 11.2. The number of nitro benzene ring substituents is 1. The molecule has 0 unspecified atom stereocenters. The standard InChI is InChI=1S/C16H11N7O2S/c17-9-11(16-19-21-22-20-16)10-18-12-6-13(23(24)25)8-15(7-12)26-14-4-2-1-3-5-14/h1-8,10,18H,(H,19,20,21,22). The van der Waals surface area contributed by atoms with E-state index in [-0.39, 0.29) is 17.1 Å². The number of rotatable bonds is 6. The summed E-state index contributed by atoms with van der Waals surface area (Å²) >= 11 is 1.40. The molecule has 0 saturated carbocycles. The molecule has 128 valence electrons. The molecule has 0 aliphatic rings. The quantitative estimate of drug-likeness (QED) is 0.386. The fourth-order valence-electron chi connectivity index (χ4n) is 2.03. The van der Waals surface area contributed by atoms with Crippen molar-refractivity contribution in [2.75, 3.05) is 5.32 Å². The molecule has 0 radical (unpaired) electrons. The third-order valence-corrected chi connectivity index (χ3v) is 4.15. The molecule has 0 spiro atoms. The highest BCUT2D eigenvalue weighted by molar-refractivity contribution is 7.99. The van der Waals surface area contributed by atoms with E-state index in [2.05, 4.69) is 25.9 Å². The van der Waals surface area contributed by atoms with Crippen LogP contribution in [-0.4, -0.2) is 25.5 Å². The second-order valence-corrected chi connectivity index (χ2v) is 6.08. The Morgan fingerprint density at radius 1 is 1.27 bits per heavy atom. The van der Waals surface area contributed by atoms with Gasteiger partial charge < -0.3 is 5.32 Å². The van der Waals surface area contributed by atoms with Crippen molar-refractivity contribution in [3.8, 4) is 6.07 Å². The predicted octanol–water partition coefficient (Wildman–Crippen LogP) is 3.24. The van der Waals surface area contributed by atoms with Crippen molar-refractivity contribution in [1.82, 2.24) is 20.6 Å². The Balaban J connectivity index is 1.89.